The molecule has 1 fully saturated rings. The molecule has 0 amide bonds. The van der Waals surface area contributed by atoms with Crippen LogP contribution in [0, 0.1) is 0 Å². The molecular formula is C12H22N6O. The van der Waals surface area contributed by atoms with Crippen molar-refractivity contribution in [3.8, 4) is 6.01 Å². The van der Waals surface area contributed by atoms with Gasteiger partial charge < -0.3 is 19.9 Å². The second-order valence-electron chi connectivity index (χ2n) is 4.67. The molecule has 19 heavy (non-hydrogen) atoms. The molecule has 0 atom stereocenters. The van der Waals surface area contributed by atoms with Crippen LogP contribution in [0.4, 0.5) is 11.9 Å². The average molecular weight is 266 g/mol. The van der Waals surface area contributed by atoms with Crippen LogP contribution in [0.1, 0.15) is 12.8 Å². The maximum Gasteiger partial charge on any atom is 0.322 e. The Kier molecular flexibility index (Phi) is 4.73. The monoisotopic (exact) mass is 266 g/mol. The molecule has 0 aliphatic carbocycles. The maximum atomic E-state index is 5.09. The van der Waals surface area contributed by atoms with Crippen molar-refractivity contribution in [3.05, 3.63) is 0 Å². The van der Waals surface area contributed by atoms with Gasteiger partial charge in [-0.05, 0) is 25.9 Å². The van der Waals surface area contributed by atoms with Gasteiger partial charge in [0.15, 0.2) is 0 Å². The molecule has 0 unspecified atom stereocenters. The molecule has 2 heterocycles. The summed E-state index contributed by atoms with van der Waals surface area (Å²) >= 11 is 0. The van der Waals surface area contributed by atoms with Crippen molar-refractivity contribution in [1.29, 1.82) is 0 Å². The number of nitrogens with zero attached hydrogens (tertiary/aromatic N) is 5. The minimum absolute atomic E-state index is 0.336. The van der Waals surface area contributed by atoms with Crippen LogP contribution in [0.2, 0.25) is 0 Å². The first kappa shape index (κ1) is 13.8. The van der Waals surface area contributed by atoms with Crippen molar-refractivity contribution in [2.45, 2.75) is 12.8 Å². The molecule has 0 saturated carbocycles. The van der Waals surface area contributed by atoms with Crippen molar-refractivity contribution < 1.29 is 4.74 Å². The Balaban J connectivity index is 1.98. The summed E-state index contributed by atoms with van der Waals surface area (Å²) in [4.78, 5) is 17.2. The maximum absolute atomic E-state index is 5.09. The van der Waals surface area contributed by atoms with Gasteiger partial charge in [-0.15, -0.1) is 0 Å². The Morgan fingerprint density at radius 2 is 2.00 bits per heavy atom. The highest BCUT2D eigenvalue weighted by atomic mass is 16.5. The van der Waals surface area contributed by atoms with Crippen LogP contribution in [0.25, 0.3) is 0 Å². The second-order valence-corrected chi connectivity index (χ2v) is 4.67. The Morgan fingerprint density at radius 3 is 2.63 bits per heavy atom. The van der Waals surface area contributed by atoms with Crippen LogP contribution in [0.15, 0.2) is 0 Å². The highest BCUT2D eigenvalue weighted by Gasteiger charge is 2.14. The Labute approximate surface area is 114 Å². The summed E-state index contributed by atoms with van der Waals surface area (Å²) in [5.41, 5.74) is 0. The number of rotatable bonds is 6. The first-order valence-corrected chi connectivity index (χ1v) is 6.64. The Hall–Kier alpha value is -1.63. The van der Waals surface area contributed by atoms with Crippen LogP contribution in [-0.4, -0.2) is 67.2 Å². The van der Waals surface area contributed by atoms with E-state index in [9.17, 15) is 0 Å². The summed E-state index contributed by atoms with van der Waals surface area (Å²) in [6.07, 6.45) is 2.63. The zero-order valence-electron chi connectivity index (χ0n) is 11.9. The topological polar surface area (TPSA) is 66.4 Å². The Bertz CT molecular complexity index is 385. The number of methoxy groups -OCH3 is 1. The SMILES string of the molecule is CNc1nc(OC)nc(N(C)CCN2CCCC2)n1. The van der Waals surface area contributed by atoms with Crippen molar-refractivity contribution in [2.75, 3.05) is 57.6 Å². The number of nitrogens with one attached hydrogen (secondary N) is 1. The van der Waals surface area contributed by atoms with Gasteiger partial charge in [-0.1, -0.05) is 0 Å². The fraction of sp³-hybridized carbons (Fsp3) is 0.750. The van der Waals surface area contributed by atoms with E-state index < -0.39 is 0 Å². The van der Waals surface area contributed by atoms with Crippen molar-refractivity contribution in [2.24, 2.45) is 0 Å². The molecule has 0 radical (unpaired) electrons. The molecule has 1 saturated heterocycles. The summed E-state index contributed by atoms with van der Waals surface area (Å²) in [5.74, 6) is 1.16. The lowest BCUT2D eigenvalue weighted by molar-refractivity contribution is 0.345. The van der Waals surface area contributed by atoms with Crippen molar-refractivity contribution in [1.82, 2.24) is 19.9 Å². The normalized spacial score (nSPS) is 15.5. The Morgan fingerprint density at radius 1 is 1.26 bits per heavy atom. The minimum atomic E-state index is 0.336. The zero-order chi connectivity index (χ0) is 13.7. The number of likely N-dealkylation sites (N-methyl/N-ethyl adjacent to an activating group) is 1. The number of ether oxygens (including phenoxy) is 1. The van der Waals surface area contributed by atoms with Crippen LogP contribution in [-0.2, 0) is 0 Å². The highest BCUT2D eigenvalue weighted by molar-refractivity contribution is 5.37. The molecule has 7 heteroatoms. The predicted octanol–water partition coefficient (Wildman–Crippen LogP) is 0.454. The molecule has 7 nitrogen and oxygen atoms in total. The number of hydrogen-bond acceptors (Lipinski definition) is 7. The van der Waals surface area contributed by atoms with E-state index in [0.29, 0.717) is 17.9 Å². The third-order valence-electron chi connectivity index (χ3n) is 3.30. The van der Waals surface area contributed by atoms with Crippen molar-refractivity contribution >= 4 is 11.9 Å². The molecule has 106 valence electrons. The number of anilines is 2. The fourth-order valence-corrected chi connectivity index (χ4v) is 2.12. The number of likely N-dealkylation sites (tertiary alicyclic amines) is 1. The van der Waals surface area contributed by atoms with E-state index in [0.717, 1.165) is 13.1 Å². The van der Waals surface area contributed by atoms with E-state index in [1.54, 1.807) is 14.2 Å². The van der Waals surface area contributed by atoms with Gasteiger partial charge >= 0.3 is 6.01 Å². The third-order valence-corrected chi connectivity index (χ3v) is 3.30. The standard InChI is InChI=1S/C12H22N6O/c1-13-10-14-11(16-12(15-10)19-3)17(2)8-9-18-6-4-5-7-18/h4-9H2,1-3H3,(H,13,14,15,16). The van der Waals surface area contributed by atoms with Crippen LogP contribution >= 0.6 is 0 Å². The smallest absolute Gasteiger partial charge is 0.322 e. The molecule has 1 aliphatic rings. The quantitative estimate of drug-likeness (QED) is 0.802. The second kappa shape index (κ2) is 6.51. The van der Waals surface area contributed by atoms with E-state index in [-0.39, 0.29) is 0 Å². The molecule has 0 aromatic carbocycles. The van der Waals surface area contributed by atoms with E-state index in [1.165, 1.54) is 25.9 Å². The number of hydrogen-bond donors (Lipinski definition) is 1. The van der Waals surface area contributed by atoms with E-state index in [1.807, 2.05) is 11.9 Å². The summed E-state index contributed by atoms with van der Waals surface area (Å²) < 4.78 is 5.09. The zero-order valence-corrected chi connectivity index (χ0v) is 11.9. The first-order chi connectivity index (χ1) is 9.22. The average Bonchev–Trinajstić information content (AvgIpc) is 2.97. The third kappa shape index (κ3) is 3.66. The highest BCUT2D eigenvalue weighted by Crippen LogP contribution is 2.14. The van der Waals surface area contributed by atoms with Crippen LogP contribution in [0.5, 0.6) is 6.01 Å². The molecule has 1 aliphatic heterocycles. The summed E-state index contributed by atoms with van der Waals surface area (Å²) in [6.45, 7) is 4.35. The van der Waals surface area contributed by atoms with Gasteiger partial charge in [-0.3, -0.25) is 0 Å². The van der Waals surface area contributed by atoms with E-state index in [2.05, 4.69) is 25.2 Å². The first-order valence-electron chi connectivity index (χ1n) is 6.64. The van der Waals surface area contributed by atoms with E-state index >= 15 is 0 Å². The lowest BCUT2D eigenvalue weighted by atomic mass is 10.4. The number of aromatic nitrogens is 3. The van der Waals surface area contributed by atoms with Gasteiger partial charge in [-0.25, -0.2) is 0 Å². The van der Waals surface area contributed by atoms with Crippen LogP contribution < -0.4 is 15.0 Å². The van der Waals surface area contributed by atoms with Gasteiger partial charge in [0.05, 0.1) is 7.11 Å². The largest absolute Gasteiger partial charge is 0.467 e. The van der Waals surface area contributed by atoms with Gasteiger partial charge in [0.2, 0.25) is 11.9 Å². The lowest BCUT2D eigenvalue weighted by Gasteiger charge is -2.21. The molecule has 0 spiro atoms. The lowest BCUT2D eigenvalue weighted by Crippen LogP contribution is -2.32. The van der Waals surface area contributed by atoms with Gasteiger partial charge in [-0.2, -0.15) is 15.0 Å². The predicted molar refractivity (Wildman–Crippen MR) is 74.9 cm³/mol. The molecular weight excluding hydrogens is 244 g/mol. The van der Waals surface area contributed by atoms with Crippen molar-refractivity contribution in [3.63, 3.8) is 0 Å². The fourth-order valence-electron chi connectivity index (χ4n) is 2.12. The molecule has 1 N–H and O–H groups in total. The summed E-state index contributed by atoms with van der Waals surface area (Å²) in [6, 6.07) is 0.336. The van der Waals surface area contributed by atoms with Crippen LogP contribution in [0.3, 0.4) is 0 Å². The molecule has 1 aromatic rings. The van der Waals surface area contributed by atoms with E-state index in [4.69, 9.17) is 4.74 Å². The summed E-state index contributed by atoms with van der Waals surface area (Å²) in [5, 5.41) is 2.91. The molecule has 2 rings (SSSR count). The van der Waals surface area contributed by atoms with Gasteiger partial charge in [0.25, 0.3) is 0 Å². The minimum Gasteiger partial charge on any atom is -0.467 e. The molecule has 1 aromatic heterocycles. The van der Waals surface area contributed by atoms with Gasteiger partial charge in [0.1, 0.15) is 0 Å². The summed E-state index contributed by atoms with van der Waals surface area (Å²) in [7, 11) is 5.33. The molecule has 0 bridgehead atoms. The van der Waals surface area contributed by atoms with Gasteiger partial charge in [0, 0.05) is 27.2 Å².